The number of hydrogen-bond acceptors (Lipinski definition) is 6. The van der Waals surface area contributed by atoms with Crippen LogP contribution in [0.4, 0.5) is 17.1 Å². The number of carbonyl (C=O) groups is 3. The molecule has 3 amide bonds. The fraction of sp³-hybridized carbons (Fsp3) is 0.375. The van der Waals surface area contributed by atoms with Crippen molar-refractivity contribution in [3.05, 3.63) is 62.2 Å². The Morgan fingerprint density at radius 2 is 1.91 bits per heavy atom. The third kappa shape index (κ3) is 2.35. The fourth-order valence-corrected chi connectivity index (χ4v) is 6.74. The molecule has 0 saturated carbocycles. The molecule has 0 aliphatic carbocycles. The van der Waals surface area contributed by atoms with Gasteiger partial charge in [-0.3, -0.25) is 29.4 Å². The highest BCUT2D eigenvalue weighted by molar-refractivity contribution is 6.32. The number of rotatable bonds is 2. The number of nitrogens with zero attached hydrogens (tertiary/aromatic N) is 3. The number of hydrogen-bond donors (Lipinski definition) is 1. The second kappa shape index (κ2) is 6.86. The number of imide groups is 1. The van der Waals surface area contributed by atoms with Gasteiger partial charge in [0, 0.05) is 28.3 Å². The zero-order valence-corrected chi connectivity index (χ0v) is 19.3. The summed E-state index contributed by atoms with van der Waals surface area (Å²) < 4.78 is 0. The summed E-state index contributed by atoms with van der Waals surface area (Å²) in [6.45, 7) is 4.01. The van der Waals surface area contributed by atoms with Crippen molar-refractivity contribution in [1.82, 2.24) is 4.90 Å². The van der Waals surface area contributed by atoms with E-state index in [1.807, 2.05) is 11.8 Å². The van der Waals surface area contributed by atoms with Crippen molar-refractivity contribution < 1.29 is 19.3 Å². The summed E-state index contributed by atoms with van der Waals surface area (Å²) in [5.74, 6) is -2.87. The second-order valence-electron chi connectivity index (χ2n) is 9.46. The smallest absolute Gasteiger partial charge is 0.274 e. The van der Waals surface area contributed by atoms with Gasteiger partial charge in [0.2, 0.25) is 17.7 Å². The molecule has 4 aliphatic rings. The summed E-state index contributed by atoms with van der Waals surface area (Å²) in [6, 6.07) is 7.57. The largest absolute Gasteiger partial charge is 0.324 e. The van der Waals surface area contributed by atoms with E-state index in [0.29, 0.717) is 40.4 Å². The quantitative estimate of drug-likeness (QED) is 0.401. The molecule has 4 aliphatic heterocycles. The van der Waals surface area contributed by atoms with Crippen molar-refractivity contribution in [2.75, 3.05) is 16.8 Å². The van der Waals surface area contributed by atoms with Crippen LogP contribution in [-0.4, -0.2) is 40.1 Å². The number of fused-ring (bicyclic) bond motifs is 7. The Labute approximate surface area is 199 Å². The van der Waals surface area contributed by atoms with Crippen molar-refractivity contribution >= 4 is 46.4 Å². The van der Waals surface area contributed by atoms with E-state index in [1.165, 1.54) is 12.1 Å². The van der Waals surface area contributed by atoms with E-state index in [0.717, 1.165) is 11.3 Å². The first kappa shape index (κ1) is 21.2. The first-order valence-electron chi connectivity index (χ1n) is 11.2. The number of benzene rings is 2. The van der Waals surface area contributed by atoms with Crippen LogP contribution < -0.4 is 10.2 Å². The van der Waals surface area contributed by atoms with Crippen LogP contribution in [-0.2, 0) is 19.9 Å². The van der Waals surface area contributed by atoms with Gasteiger partial charge in [0.1, 0.15) is 5.54 Å². The normalized spacial score (nSPS) is 29.6. The molecule has 3 fully saturated rings. The predicted octanol–water partition coefficient (Wildman–Crippen LogP) is 3.30. The van der Waals surface area contributed by atoms with Gasteiger partial charge in [-0.2, -0.15) is 0 Å². The molecule has 0 bridgehead atoms. The Balaban J connectivity index is 1.54. The van der Waals surface area contributed by atoms with Gasteiger partial charge in [0.15, 0.2) is 0 Å². The van der Waals surface area contributed by atoms with Gasteiger partial charge in [-0.25, -0.2) is 4.90 Å². The average Bonchev–Trinajstić information content (AvgIpc) is 3.50. The minimum atomic E-state index is -1.31. The minimum absolute atomic E-state index is 0.160. The molecule has 6 rings (SSSR count). The van der Waals surface area contributed by atoms with E-state index in [9.17, 15) is 24.5 Å². The molecule has 3 saturated heterocycles. The zero-order valence-electron chi connectivity index (χ0n) is 18.5. The number of carbonyl (C=O) groups excluding carboxylic acids is 3. The van der Waals surface area contributed by atoms with E-state index < -0.39 is 34.1 Å². The Morgan fingerprint density at radius 1 is 1.15 bits per heavy atom. The first-order chi connectivity index (χ1) is 16.2. The Bertz CT molecular complexity index is 1340. The fourth-order valence-electron chi connectivity index (χ4n) is 6.58. The molecule has 9 nitrogen and oxygen atoms in total. The monoisotopic (exact) mass is 480 g/mol. The maximum absolute atomic E-state index is 14.0. The summed E-state index contributed by atoms with van der Waals surface area (Å²) in [6.07, 6.45) is 1.50. The van der Waals surface area contributed by atoms with Crippen LogP contribution in [0.15, 0.2) is 30.3 Å². The second-order valence-corrected chi connectivity index (χ2v) is 9.87. The van der Waals surface area contributed by atoms with Gasteiger partial charge in [0.05, 0.1) is 28.1 Å². The molecule has 2 aromatic rings. The topological polar surface area (TPSA) is 113 Å². The van der Waals surface area contributed by atoms with E-state index in [2.05, 4.69) is 5.32 Å². The van der Waals surface area contributed by atoms with Gasteiger partial charge in [-0.05, 0) is 50.9 Å². The molecule has 1 spiro atoms. The Kier molecular flexibility index (Phi) is 4.29. The van der Waals surface area contributed by atoms with Crippen LogP contribution in [0.3, 0.4) is 0 Å². The zero-order chi connectivity index (χ0) is 24.1. The molecule has 4 heterocycles. The molecule has 10 heteroatoms. The molecule has 2 aromatic carbocycles. The predicted molar refractivity (Wildman–Crippen MR) is 124 cm³/mol. The molecule has 174 valence electrons. The third-order valence-corrected chi connectivity index (χ3v) is 8.42. The minimum Gasteiger partial charge on any atom is -0.324 e. The number of anilines is 2. The number of nitro benzene ring substituents is 1. The third-order valence-electron chi connectivity index (χ3n) is 8.01. The Hall–Kier alpha value is -3.30. The number of nitro groups is 1. The van der Waals surface area contributed by atoms with Crippen molar-refractivity contribution in [2.24, 2.45) is 11.8 Å². The average molecular weight is 481 g/mol. The SMILES string of the molecule is Cc1ccc(N2C(=O)[C@@H]3[C@@H]4CCCN4[C@@]4(C(=O)Nc5c4ccc(Cl)c5C)[C@H]3C2=O)cc1[N+](=O)[O-]. The molecule has 1 N–H and O–H groups in total. The van der Waals surface area contributed by atoms with E-state index >= 15 is 0 Å². The van der Waals surface area contributed by atoms with Gasteiger partial charge in [0.25, 0.3) is 5.69 Å². The lowest BCUT2D eigenvalue weighted by molar-refractivity contribution is -0.385. The molecular formula is C24H21ClN4O5. The van der Waals surface area contributed by atoms with E-state index in [4.69, 9.17) is 11.6 Å². The molecule has 4 atom stereocenters. The van der Waals surface area contributed by atoms with Gasteiger partial charge in [-0.1, -0.05) is 23.7 Å². The first-order valence-corrected chi connectivity index (χ1v) is 11.6. The van der Waals surface area contributed by atoms with Crippen LogP contribution in [0.1, 0.15) is 29.5 Å². The van der Waals surface area contributed by atoms with E-state index in [-0.39, 0.29) is 23.3 Å². The number of halogens is 1. The molecule has 0 radical (unpaired) electrons. The summed E-state index contributed by atoms with van der Waals surface area (Å²) in [4.78, 5) is 55.5. The number of nitrogens with one attached hydrogen (secondary N) is 1. The molecule has 0 unspecified atom stereocenters. The van der Waals surface area contributed by atoms with Crippen LogP contribution in [0.25, 0.3) is 0 Å². The summed E-state index contributed by atoms with van der Waals surface area (Å²) in [7, 11) is 0. The van der Waals surface area contributed by atoms with Crippen molar-refractivity contribution in [3.8, 4) is 0 Å². The van der Waals surface area contributed by atoms with Crippen LogP contribution in [0.2, 0.25) is 5.02 Å². The number of amides is 3. The van der Waals surface area contributed by atoms with Gasteiger partial charge < -0.3 is 5.32 Å². The standard InChI is InChI=1S/C24H21ClN4O5/c1-11-5-6-13(10-17(11)29(33)34)28-21(30)18-16-4-3-9-27(16)24(19(18)22(28)31)14-7-8-15(25)12(2)20(14)26-23(24)32/h5-8,10,16,18-19H,3-4,9H2,1-2H3,(H,26,32)/t16-,18+,19+,24+/m0/s1. The molecular weight excluding hydrogens is 460 g/mol. The lowest BCUT2D eigenvalue weighted by Crippen LogP contribution is -2.54. The maximum Gasteiger partial charge on any atom is 0.274 e. The number of aryl methyl sites for hydroxylation is 1. The summed E-state index contributed by atoms with van der Waals surface area (Å²) in [5.41, 5.74) is 1.09. The summed E-state index contributed by atoms with van der Waals surface area (Å²) in [5, 5.41) is 14.9. The highest BCUT2D eigenvalue weighted by Crippen LogP contribution is 2.61. The lowest BCUT2D eigenvalue weighted by atomic mass is 9.75. The van der Waals surface area contributed by atoms with Crippen LogP contribution >= 0.6 is 11.6 Å². The maximum atomic E-state index is 14.0. The molecule has 34 heavy (non-hydrogen) atoms. The van der Waals surface area contributed by atoms with Gasteiger partial charge in [-0.15, -0.1) is 0 Å². The molecule has 0 aromatic heterocycles. The lowest BCUT2D eigenvalue weighted by Gasteiger charge is -2.36. The van der Waals surface area contributed by atoms with Crippen molar-refractivity contribution in [2.45, 2.75) is 38.3 Å². The van der Waals surface area contributed by atoms with Gasteiger partial charge >= 0.3 is 0 Å². The highest BCUT2D eigenvalue weighted by Gasteiger charge is 2.74. The van der Waals surface area contributed by atoms with Crippen LogP contribution in [0, 0.1) is 35.8 Å². The van der Waals surface area contributed by atoms with Crippen molar-refractivity contribution in [1.29, 1.82) is 0 Å². The summed E-state index contributed by atoms with van der Waals surface area (Å²) >= 11 is 6.32. The van der Waals surface area contributed by atoms with Crippen LogP contribution in [0.5, 0.6) is 0 Å². The van der Waals surface area contributed by atoms with E-state index in [1.54, 1.807) is 25.1 Å². The Morgan fingerprint density at radius 3 is 2.65 bits per heavy atom. The van der Waals surface area contributed by atoms with Crippen molar-refractivity contribution in [3.63, 3.8) is 0 Å². The highest BCUT2D eigenvalue weighted by atomic mass is 35.5.